The largest absolute Gasteiger partial charge is 0.469 e. The number of carbonyl (C=O) groups is 2. The minimum Gasteiger partial charge on any atom is -0.469 e. The van der Waals surface area contributed by atoms with Gasteiger partial charge in [0, 0.05) is 13.1 Å². The van der Waals surface area contributed by atoms with E-state index in [2.05, 4.69) is 4.74 Å². The van der Waals surface area contributed by atoms with Crippen LogP contribution < -0.4 is 5.73 Å². The van der Waals surface area contributed by atoms with Crippen molar-refractivity contribution in [2.24, 2.45) is 11.7 Å². The standard InChI is InChI=1S/C10H18N2O3.ClH/c1-7(11)9(13)12-5-3-8(4-6-12)10(14)15-2;/h7-8H,3-6,11H2,1-2H3;1H. The number of hydrogen-bond acceptors (Lipinski definition) is 4. The Morgan fingerprint density at radius 1 is 1.38 bits per heavy atom. The first-order valence-electron chi connectivity index (χ1n) is 5.18. The maximum atomic E-state index is 11.5. The molecule has 1 rings (SSSR count). The number of likely N-dealkylation sites (tertiary alicyclic amines) is 1. The van der Waals surface area contributed by atoms with Gasteiger partial charge in [-0.15, -0.1) is 12.4 Å². The average molecular weight is 251 g/mol. The maximum absolute atomic E-state index is 11.5. The van der Waals surface area contributed by atoms with Crippen molar-refractivity contribution in [2.45, 2.75) is 25.8 Å². The second-order valence-electron chi connectivity index (χ2n) is 3.91. The van der Waals surface area contributed by atoms with Crippen LogP contribution in [-0.2, 0) is 14.3 Å². The van der Waals surface area contributed by atoms with Gasteiger partial charge in [0.15, 0.2) is 0 Å². The molecule has 1 saturated heterocycles. The summed E-state index contributed by atoms with van der Waals surface area (Å²) in [6.07, 6.45) is 1.34. The summed E-state index contributed by atoms with van der Waals surface area (Å²) >= 11 is 0. The molecular weight excluding hydrogens is 232 g/mol. The van der Waals surface area contributed by atoms with Gasteiger partial charge in [-0.2, -0.15) is 0 Å². The number of halogens is 1. The van der Waals surface area contributed by atoms with Crippen LogP contribution in [0.4, 0.5) is 0 Å². The molecular formula is C10H19ClN2O3. The third-order valence-electron chi connectivity index (χ3n) is 2.73. The van der Waals surface area contributed by atoms with E-state index in [9.17, 15) is 9.59 Å². The smallest absolute Gasteiger partial charge is 0.308 e. The fourth-order valence-corrected chi connectivity index (χ4v) is 1.79. The van der Waals surface area contributed by atoms with Gasteiger partial charge in [-0.3, -0.25) is 9.59 Å². The quantitative estimate of drug-likeness (QED) is 0.709. The highest BCUT2D eigenvalue weighted by Crippen LogP contribution is 2.18. The molecule has 0 aromatic heterocycles. The molecule has 2 N–H and O–H groups in total. The minimum atomic E-state index is -0.459. The van der Waals surface area contributed by atoms with Crippen LogP contribution in [0.3, 0.4) is 0 Å². The molecule has 1 aliphatic rings. The van der Waals surface area contributed by atoms with Crippen LogP contribution >= 0.6 is 12.4 Å². The van der Waals surface area contributed by atoms with E-state index in [-0.39, 0.29) is 30.2 Å². The number of amides is 1. The monoisotopic (exact) mass is 250 g/mol. The molecule has 0 aromatic rings. The Labute approximate surface area is 102 Å². The predicted octanol–water partition coefficient (Wildman–Crippen LogP) is 0.167. The molecule has 0 aliphatic carbocycles. The Balaban J connectivity index is 0.00000225. The van der Waals surface area contributed by atoms with Gasteiger partial charge in [0.25, 0.3) is 0 Å². The number of hydrogen-bond donors (Lipinski definition) is 1. The molecule has 1 amide bonds. The number of ether oxygens (including phenoxy) is 1. The Kier molecular flexibility index (Phi) is 6.36. The fraction of sp³-hybridized carbons (Fsp3) is 0.800. The first kappa shape index (κ1) is 15.2. The van der Waals surface area contributed by atoms with E-state index in [0.717, 1.165) is 0 Å². The van der Waals surface area contributed by atoms with Crippen molar-refractivity contribution in [1.29, 1.82) is 0 Å². The number of rotatable bonds is 2. The first-order valence-corrected chi connectivity index (χ1v) is 5.18. The SMILES string of the molecule is COC(=O)C1CCN(C(=O)C(C)N)CC1.Cl. The lowest BCUT2D eigenvalue weighted by atomic mass is 9.96. The van der Waals surface area contributed by atoms with Crippen LogP contribution in [0.1, 0.15) is 19.8 Å². The Morgan fingerprint density at radius 3 is 2.25 bits per heavy atom. The molecule has 0 saturated carbocycles. The summed E-state index contributed by atoms with van der Waals surface area (Å²) in [6, 6.07) is -0.459. The molecule has 1 fully saturated rings. The average Bonchev–Trinajstić information content (AvgIpc) is 2.27. The van der Waals surface area contributed by atoms with Gasteiger partial charge in [0.1, 0.15) is 0 Å². The summed E-state index contributed by atoms with van der Waals surface area (Å²) < 4.78 is 4.67. The van der Waals surface area contributed by atoms with Crippen LogP contribution in [0.2, 0.25) is 0 Å². The lowest BCUT2D eigenvalue weighted by molar-refractivity contribution is -0.149. The Hall–Kier alpha value is -0.810. The van der Waals surface area contributed by atoms with E-state index < -0.39 is 6.04 Å². The zero-order valence-electron chi connectivity index (χ0n) is 9.64. The zero-order valence-corrected chi connectivity index (χ0v) is 10.5. The van der Waals surface area contributed by atoms with Crippen LogP contribution in [0.15, 0.2) is 0 Å². The van der Waals surface area contributed by atoms with Crippen molar-refractivity contribution >= 4 is 24.3 Å². The molecule has 1 atom stereocenters. The normalized spacial score (nSPS) is 18.6. The molecule has 1 heterocycles. The van der Waals surface area contributed by atoms with E-state index in [0.29, 0.717) is 25.9 Å². The van der Waals surface area contributed by atoms with Crippen molar-refractivity contribution in [3.05, 3.63) is 0 Å². The minimum absolute atomic E-state index is 0. The number of esters is 1. The van der Waals surface area contributed by atoms with Gasteiger partial charge in [-0.05, 0) is 19.8 Å². The summed E-state index contributed by atoms with van der Waals surface area (Å²) in [5.74, 6) is -0.284. The number of methoxy groups -OCH3 is 1. The topological polar surface area (TPSA) is 72.6 Å². The van der Waals surface area contributed by atoms with Crippen LogP contribution in [-0.4, -0.2) is 43.0 Å². The summed E-state index contributed by atoms with van der Waals surface area (Å²) in [5.41, 5.74) is 5.50. The summed E-state index contributed by atoms with van der Waals surface area (Å²) in [7, 11) is 1.39. The highest BCUT2D eigenvalue weighted by atomic mass is 35.5. The van der Waals surface area contributed by atoms with Gasteiger partial charge in [0.2, 0.25) is 5.91 Å². The van der Waals surface area contributed by atoms with E-state index >= 15 is 0 Å². The second kappa shape index (κ2) is 6.70. The van der Waals surface area contributed by atoms with E-state index in [1.54, 1.807) is 11.8 Å². The van der Waals surface area contributed by atoms with Crippen molar-refractivity contribution < 1.29 is 14.3 Å². The van der Waals surface area contributed by atoms with Gasteiger partial charge in [-0.1, -0.05) is 0 Å². The van der Waals surface area contributed by atoms with E-state index in [1.807, 2.05) is 0 Å². The number of carbonyl (C=O) groups excluding carboxylic acids is 2. The molecule has 0 radical (unpaired) electrons. The number of nitrogens with zero attached hydrogens (tertiary/aromatic N) is 1. The number of nitrogens with two attached hydrogens (primary N) is 1. The van der Waals surface area contributed by atoms with Crippen LogP contribution in [0, 0.1) is 5.92 Å². The maximum Gasteiger partial charge on any atom is 0.308 e. The molecule has 94 valence electrons. The van der Waals surface area contributed by atoms with Crippen molar-refractivity contribution in [2.75, 3.05) is 20.2 Å². The van der Waals surface area contributed by atoms with Gasteiger partial charge >= 0.3 is 5.97 Å². The molecule has 5 nitrogen and oxygen atoms in total. The highest BCUT2D eigenvalue weighted by molar-refractivity contribution is 5.85. The summed E-state index contributed by atoms with van der Waals surface area (Å²) in [4.78, 5) is 24.5. The van der Waals surface area contributed by atoms with Crippen molar-refractivity contribution in [3.8, 4) is 0 Å². The Morgan fingerprint density at radius 2 is 1.88 bits per heavy atom. The molecule has 6 heteroatoms. The lowest BCUT2D eigenvalue weighted by Crippen LogP contribution is -2.46. The summed E-state index contributed by atoms with van der Waals surface area (Å²) in [5, 5.41) is 0. The van der Waals surface area contributed by atoms with Crippen molar-refractivity contribution in [1.82, 2.24) is 4.90 Å². The van der Waals surface area contributed by atoms with Gasteiger partial charge in [-0.25, -0.2) is 0 Å². The molecule has 1 unspecified atom stereocenters. The third-order valence-corrected chi connectivity index (χ3v) is 2.73. The van der Waals surface area contributed by atoms with Crippen LogP contribution in [0.25, 0.3) is 0 Å². The first-order chi connectivity index (χ1) is 7.06. The van der Waals surface area contributed by atoms with Crippen LogP contribution in [0.5, 0.6) is 0 Å². The molecule has 0 aromatic carbocycles. The van der Waals surface area contributed by atoms with Crippen molar-refractivity contribution in [3.63, 3.8) is 0 Å². The third kappa shape index (κ3) is 3.64. The second-order valence-corrected chi connectivity index (χ2v) is 3.91. The van der Waals surface area contributed by atoms with Gasteiger partial charge < -0.3 is 15.4 Å². The predicted molar refractivity (Wildman–Crippen MR) is 62.2 cm³/mol. The van der Waals surface area contributed by atoms with Gasteiger partial charge in [0.05, 0.1) is 19.1 Å². The molecule has 0 bridgehead atoms. The molecule has 1 aliphatic heterocycles. The zero-order chi connectivity index (χ0) is 11.4. The highest BCUT2D eigenvalue weighted by Gasteiger charge is 2.28. The molecule has 16 heavy (non-hydrogen) atoms. The fourth-order valence-electron chi connectivity index (χ4n) is 1.79. The number of piperidine rings is 1. The lowest BCUT2D eigenvalue weighted by Gasteiger charge is -2.31. The molecule has 0 spiro atoms. The van der Waals surface area contributed by atoms with E-state index in [4.69, 9.17) is 5.73 Å². The van der Waals surface area contributed by atoms with E-state index in [1.165, 1.54) is 7.11 Å². The Bertz CT molecular complexity index is 250. The summed E-state index contributed by atoms with van der Waals surface area (Å²) in [6.45, 7) is 2.87.